The Balaban J connectivity index is 0.000000383. The van der Waals surface area contributed by atoms with Crippen molar-refractivity contribution < 1.29 is 28.9 Å². The molecule has 0 aliphatic rings. The van der Waals surface area contributed by atoms with Crippen molar-refractivity contribution in [2.75, 3.05) is 13.1 Å². The Labute approximate surface area is 132 Å². The molecule has 6 nitrogen and oxygen atoms in total. The Morgan fingerprint density at radius 2 is 1.57 bits per heavy atom. The maximum absolute atomic E-state index is 8.49. The van der Waals surface area contributed by atoms with E-state index in [1.807, 2.05) is 6.07 Å². The molecular weight excluding hydrogens is 336 g/mol. The van der Waals surface area contributed by atoms with E-state index in [9.17, 15) is 0 Å². The first-order valence-electron chi connectivity index (χ1n) is 6.07. The Morgan fingerprint density at radius 3 is 2.05 bits per heavy atom. The Hall–Kier alpha value is -0.870. The Bertz CT molecular complexity index is 595. The summed E-state index contributed by atoms with van der Waals surface area (Å²) < 4.78 is 42.1. The number of benzene rings is 1. The molecule has 1 aromatic carbocycles. The number of hydrogen-bond donors (Lipinski definition) is 0. The number of rotatable bonds is 3. The summed E-state index contributed by atoms with van der Waals surface area (Å²) in [6.07, 6.45) is 0. The van der Waals surface area contributed by atoms with Gasteiger partial charge in [0.2, 0.25) is 0 Å². The van der Waals surface area contributed by atoms with Crippen LogP contribution in [0.2, 0.25) is 0 Å². The van der Waals surface area contributed by atoms with Gasteiger partial charge >= 0.3 is 3.98 Å². The standard InChI is InChI=1S/C12H15N2S2.ClHO4/c1-3-14(4-2)12-15-11(13-16-12)10-8-6-5-7-9-10;2-1(3,4)5/h5-9H,3-4H2,1-2H3;(H,2,3,4,5)/q+1;/p-1. The molecule has 0 aliphatic heterocycles. The van der Waals surface area contributed by atoms with E-state index in [0.717, 1.165) is 18.1 Å². The van der Waals surface area contributed by atoms with Gasteiger partial charge in [0.05, 0.1) is 0 Å². The first kappa shape index (κ1) is 18.2. The van der Waals surface area contributed by atoms with E-state index in [0.29, 0.717) is 0 Å². The van der Waals surface area contributed by atoms with Crippen molar-refractivity contribution in [3.05, 3.63) is 34.3 Å². The van der Waals surface area contributed by atoms with Gasteiger partial charge in [-0.3, -0.25) is 0 Å². The molecule has 0 amide bonds. The monoisotopic (exact) mass is 350 g/mol. The minimum Gasteiger partial charge on any atom is -0.222 e. The van der Waals surface area contributed by atoms with Gasteiger partial charge in [-0.25, -0.2) is 23.2 Å². The van der Waals surface area contributed by atoms with E-state index >= 15 is 0 Å². The zero-order valence-electron chi connectivity index (χ0n) is 11.5. The fourth-order valence-corrected chi connectivity index (χ4v) is 3.70. The van der Waals surface area contributed by atoms with Crippen LogP contribution in [0.5, 0.6) is 0 Å². The normalized spacial score (nSPS) is 10.8. The van der Waals surface area contributed by atoms with Crippen LogP contribution in [0.15, 0.2) is 30.3 Å². The highest BCUT2D eigenvalue weighted by Gasteiger charge is 2.07. The summed E-state index contributed by atoms with van der Waals surface area (Å²) in [7, 11) is -4.94. The maximum atomic E-state index is 8.49. The zero-order chi connectivity index (χ0) is 15.9. The summed E-state index contributed by atoms with van der Waals surface area (Å²) in [4.78, 5) is 0. The van der Waals surface area contributed by atoms with Crippen LogP contribution in [0.3, 0.4) is 0 Å². The summed E-state index contributed by atoms with van der Waals surface area (Å²) in [6, 6.07) is 10.4. The lowest BCUT2D eigenvalue weighted by Gasteiger charge is -2.17. The molecule has 0 N–H and O–H groups in total. The topological polar surface area (TPSA) is 108 Å². The number of halogens is 1. The first-order chi connectivity index (χ1) is 9.85. The minimum atomic E-state index is -4.94. The fourth-order valence-electron chi connectivity index (χ4n) is 1.50. The van der Waals surface area contributed by atoms with Gasteiger partial charge in [-0.1, -0.05) is 30.3 Å². The third kappa shape index (κ3) is 7.09. The van der Waals surface area contributed by atoms with Crippen LogP contribution in [0, 0.1) is 10.2 Å². The molecule has 0 spiro atoms. The first-order valence-corrected chi connectivity index (χ1v) is 8.89. The lowest BCUT2D eigenvalue weighted by atomic mass is 10.2. The molecule has 0 fully saturated rings. The van der Waals surface area contributed by atoms with Gasteiger partial charge in [0.15, 0.2) is 0 Å². The van der Waals surface area contributed by atoms with Crippen LogP contribution < -0.4 is 27.2 Å². The van der Waals surface area contributed by atoms with Crippen LogP contribution >= 0.6 is 22.9 Å². The van der Waals surface area contributed by atoms with Crippen molar-refractivity contribution in [2.24, 2.45) is 0 Å². The lowest BCUT2D eigenvalue weighted by molar-refractivity contribution is -2.00. The molecule has 1 aromatic heterocycles. The van der Waals surface area contributed by atoms with Crippen molar-refractivity contribution in [1.82, 2.24) is 8.95 Å². The molecule has 0 radical (unpaired) electrons. The minimum absolute atomic E-state index is 1.05. The molecule has 0 saturated heterocycles. The molecule has 0 aliphatic carbocycles. The number of aromatic nitrogens is 1. The summed E-state index contributed by atoms with van der Waals surface area (Å²) in [5.41, 5.74) is 1.21. The molecule has 21 heavy (non-hydrogen) atoms. The zero-order valence-corrected chi connectivity index (χ0v) is 13.9. The molecular formula is C12H15ClN2O4S2. The molecule has 2 rings (SSSR count). The average Bonchev–Trinajstić information content (AvgIpc) is 2.89. The molecule has 0 saturated carbocycles. The molecule has 0 unspecified atom stereocenters. The summed E-state index contributed by atoms with van der Waals surface area (Å²) in [6.45, 7) is 6.45. The molecule has 1 heterocycles. The predicted octanol–water partition coefficient (Wildman–Crippen LogP) is -2.07. The van der Waals surface area contributed by atoms with Crippen LogP contribution in [-0.4, -0.2) is 17.5 Å². The fraction of sp³-hybridized carbons (Fsp3) is 0.333. The molecule has 116 valence electrons. The molecule has 0 bridgehead atoms. The van der Waals surface area contributed by atoms with Crippen molar-refractivity contribution in [1.29, 1.82) is 0 Å². The van der Waals surface area contributed by atoms with Gasteiger partial charge in [-0.2, -0.15) is 4.37 Å². The van der Waals surface area contributed by atoms with Crippen molar-refractivity contribution >= 4 is 22.9 Å². The van der Waals surface area contributed by atoms with Crippen molar-refractivity contribution in [2.45, 2.75) is 13.8 Å². The van der Waals surface area contributed by atoms with Crippen molar-refractivity contribution in [3.8, 4) is 10.6 Å². The second kappa shape index (κ2) is 8.54. The highest BCUT2D eigenvalue weighted by atomic mass is 35.7. The second-order valence-electron chi connectivity index (χ2n) is 3.77. The van der Waals surface area contributed by atoms with Gasteiger partial charge in [0.1, 0.15) is 18.1 Å². The molecule has 9 heteroatoms. The lowest BCUT2D eigenvalue weighted by Crippen LogP contribution is -2.68. The third-order valence-electron chi connectivity index (χ3n) is 2.43. The van der Waals surface area contributed by atoms with Gasteiger partial charge in [-0.15, -0.1) is 10.2 Å². The van der Waals surface area contributed by atoms with Crippen molar-refractivity contribution in [3.63, 3.8) is 0 Å². The maximum Gasteiger partial charge on any atom is 0.333 e. The molecule has 2 aromatic rings. The second-order valence-corrected chi connectivity index (χ2v) is 6.52. The quantitative estimate of drug-likeness (QED) is 0.591. The largest absolute Gasteiger partial charge is 0.333 e. The highest BCUT2D eigenvalue weighted by molar-refractivity contribution is 7.25. The van der Waals surface area contributed by atoms with E-state index in [2.05, 4.69) is 47.1 Å². The summed E-state index contributed by atoms with van der Waals surface area (Å²) >= 11 is 3.37. The smallest absolute Gasteiger partial charge is 0.222 e. The number of hydrogen-bond acceptors (Lipinski definition) is 7. The van der Waals surface area contributed by atoms with Crippen LogP contribution in [0.25, 0.3) is 10.6 Å². The van der Waals surface area contributed by atoms with E-state index < -0.39 is 10.2 Å². The van der Waals surface area contributed by atoms with Gasteiger partial charge in [-0.05, 0) is 25.2 Å². The van der Waals surface area contributed by atoms with E-state index in [1.165, 1.54) is 9.55 Å². The van der Waals surface area contributed by atoms with Gasteiger partial charge < -0.3 is 0 Å². The van der Waals surface area contributed by atoms with Crippen LogP contribution in [0.1, 0.15) is 13.8 Å². The predicted molar refractivity (Wildman–Crippen MR) is 71.8 cm³/mol. The summed E-state index contributed by atoms with van der Waals surface area (Å²) in [5, 5.41) is 1.12. The summed E-state index contributed by atoms with van der Waals surface area (Å²) in [5.74, 6) is 0. The highest BCUT2D eigenvalue weighted by Crippen LogP contribution is 2.19. The van der Waals surface area contributed by atoms with E-state index in [-0.39, 0.29) is 0 Å². The van der Waals surface area contributed by atoms with Crippen LogP contribution in [0.4, 0.5) is 0 Å². The van der Waals surface area contributed by atoms with Crippen LogP contribution in [-0.2, 0) is 0 Å². The Kier molecular flexibility index (Phi) is 7.40. The average molecular weight is 351 g/mol. The SMILES string of the molecule is CC[N+](CC)=c1snc(-c2ccccc2)s1.[O-][Cl+3]([O-])([O-])[O-]. The molecule has 0 atom stereocenters. The third-order valence-corrected chi connectivity index (χ3v) is 4.66. The Morgan fingerprint density at radius 1 is 1.05 bits per heavy atom. The van der Waals surface area contributed by atoms with E-state index in [1.54, 1.807) is 22.9 Å². The van der Waals surface area contributed by atoms with Gasteiger partial charge in [0, 0.05) is 17.1 Å². The number of nitrogens with zero attached hydrogens (tertiary/aromatic N) is 2. The van der Waals surface area contributed by atoms with E-state index in [4.69, 9.17) is 18.6 Å². The van der Waals surface area contributed by atoms with Gasteiger partial charge in [0.25, 0.3) is 0 Å².